The molecule has 0 aromatic heterocycles. The Bertz CT molecular complexity index is 1240. The number of aldehydes is 1. The summed E-state index contributed by atoms with van der Waals surface area (Å²) in [6.07, 6.45) is 6.38. The third kappa shape index (κ3) is 8.74. The smallest absolute Gasteiger partial charge is 0.338 e. The molecule has 0 spiro atoms. The van der Waals surface area contributed by atoms with E-state index in [2.05, 4.69) is 28.2 Å². The zero-order valence-electron chi connectivity index (χ0n) is 25.7. The van der Waals surface area contributed by atoms with Gasteiger partial charge in [0.1, 0.15) is 12.0 Å². The number of anilines is 1. The molecule has 0 radical (unpaired) electrons. The van der Waals surface area contributed by atoms with Crippen LogP contribution < -0.4 is 20.1 Å². The van der Waals surface area contributed by atoms with E-state index in [0.29, 0.717) is 36.6 Å². The molecular formula is C33H46N4O5S. The van der Waals surface area contributed by atoms with Gasteiger partial charge in [-0.1, -0.05) is 11.9 Å². The molecule has 2 aromatic rings. The number of hydrogen-bond donors (Lipinski definition) is 2. The Morgan fingerprint density at radius 1 is 1.19 bits per heavy atom. The number of piperidine rings is 1. The number of nitrogens with one attached hydrogen (secondary N) is 1. The minimum absolute atomic E-state index is 0.0855. The molecule has 1 saturated carbocycles. The third-order valence-corrected chi connectivity index (χ3v) is 9.17. The second kappa shape index (κ2) is 15.6. The van der Waals surface area contributed by atoms with Crippen molar-refractivity contribution in [3.05, 3.63) is 58.7 Å². The van der Waals surface area contributed by atoms with E-state index in [1.165, 1.54) is 19.1 Å². The number of ether oxygens (including phenoxy) is 2. The van der Waals surface area contributed by atoms with Crippen LogP contribution in [0.2, 0.25) is 0 Å². The molecule has 9 nitrogen and oxygen atoms in total. The molecule has 4 rings (SSSR count). The molecule has 0 atom stereocenters. The lowest BCUT2D eigenvalue weighted by Crippen LogP contribution is -2.45. The van der Waals surface area contributed by atoms with Gasteiger partial charge in [0.05, 0.1) is 19.3 Å². The summed E-state index contributed by atoms with van der Waals surface area (Å²) in [6, 6.07) is 11.7. The van der Waals surface area contributed by atoms with Crippen molar-refractivity contribution in [3.63, 3.8) is 0 Å². The Kier molecular flexibility index (Phi) is 11.9. The summed E-state index contributed by atoms with van der Waals surface area (Å²) >= 11 is 1.28. The van der Waals surface area contributed by atoms with Crippen LogP contribution in [0.4, 0.5) is 5.69 Å². The first-order valence-electron chi connectivity index (χ1n) is 15.3. The quantitative estimate of drug-likeness (QED) is 0.120. The first-order chi connectivity index (χ1) is 20.8. The fourth-order valence-corrected chi connectivity index (χ4v) is 6.34. The Labute approximate surface area is 260 Å². The number of methoxy groups -OCH3 is 1. The van der Waals surface area contributed by atoms with Gasteiger partial charge in [-0.15, -0.1) is 0 Å². The van der Waals surface area contributed by atoms with Gasteiger partial charge in [-0.3, -0.25) is 14.8 Å². The molecule has 2 fully saturated rings. The topological polar surface area (TPSA) is 114 Å². The number of hydrogen-bond acceptors (Lipinski definition) is 9. The van der Waals surface area contributed by atoms with Crippen LogP contribution in [0.15, 0.2) is 36.4 Å². The molecular weight excluding hydrogens is 564 g/mol. The van der Waals surface area contributed by atoms with E-state index in [1.807, 2.05) is 37.3 Å². The fourth-order valence-electron chi connectivity index (χ4n) is 6.03. The third-order valence-electron chi connectivity index (χ3n) is 8.65. The van der Waals surface area contributed by atoms with Crippen molar-refractivity contribution >= 4 is 35.8 Å². The highest BCUT2D eigenvalue weighted by Gasteiger charge is 2.36. The molecule has 2 aromatic carbocycles. The van der Waals surface area contributed by atoms with Crippen molar-refractivity contribution in [1.29, 1.82) is 0 Å². The fraction of sp³-hybridized carbons (Fsp3) is 0.545. The van der Waals surface area contributed by atoms with Crippen LogP contribution in [0, 0.1) is 5.41 Å². The average Bonchev–Trinajstić information content (AvgIpc) is 3.86. The second-order valence-corrected chi connectivity index (χ2v) is 12.5. The molecule has 43 heavy (non-hydrogen) atoms. The predicted molar refractivity (Wildman–Crippen MR) is 172 cm³/mol. The summed E-state index contributed by atoms with van der Waals surface area (Å²) in [5.74, 6) is 1.56. The Morgan fingerprint density at radius 3 is 2.51 bits per heavy atom. The number of amides is 1. The van der Waals surface area contributed by atoms with Gasteiger partial charge in [0.15, 0.2) is 0 Å². The maximum Gasteiger partial charge on any atom is 0.338 e. The number of likely N-dealkylation sites (tertiary alicyclic amines) is 1. The summed E-state index contributed by atoms with van der Waals surface area (Å²) < 4.78 is 11.1. The van der Waals surface area contributed by atoms with Crippen LogP contribution >= 0.6 is 11.9 Å². The molecule has 2 aliphatic rings. The lowest BCUT2D eigenvalue weighted by molar-refractivity contribution is -0.110. The lowest BCUT2D eigenvalue weighted by atomic mass is 9.75. The van der Waals surface area contributed by atoms with Gasteiger partial charge in [0.25, 0.3) is 5.91 Å². The predicted octanol–water partition coefficient (Wildman–Crippen LogP) is 4.78. The van der Waals surface area contributed by atoms with Gasteiger partial charge >= 0.3 is 5.97 Å². The molecule has 3 N–H and O–H groups in total. The van der Waals surface area contributed by atoms with E-state index < -0.39 is 0 Å². The van der Waals surface area contributed by atoms with Crippen LogP contribution in [0.25, 0.3) is 0 Å². The molecule has 0 unspecified atom stereocenters. The van der Waals surface area contributed by atoms with Crippen molar-refractivity contribution in [2.45, 2.75) is 57.9 Å². The minimum Gasteiger partial charge on any atom is -0.494 e. The highest BCUT2D eigenvalue weighted by Crippen LogP contribution is 2.44. The number of benzene rings is 2. The summed E-state index contributed by atoms with van der Waals surface area (Å²) in [5.41, 5.74) is 4.29. The largest absolute Gasteiger partial charge is 0.494 e. The van der Waals surface area contributed by atoms with E-state index in [1.54, 1.807) is 0 Å². The summed E-state index contributed by atoms with van der Waals surface area (Å²) in [5, 5.41) is 8.37. The van der Waals surface area contributed by atoms with Gasteiger partial charge in [0.2, 0.25) is 0 Å². The van der Waals surface area contributed by atoms with E-state index in [0.717, 1.165) is 92.9 Å². The molecule has 1 aliphatic heterocycles. The molecule has 1 saturated heterocycles. The monoisotopic (exact) mass is 610 g/mol. The summed E-state index contributed by atoms with van der Waals surface area (Å²) in [7, 11) is 3.47. The molecule has 1 amide bonds. The number of carbonyl (C=O) groups is 3. The minimum atomic E-state index is -0.314. The van der Waals surface area contributed by atoms with Crippen molar-refractivity contribution in [2.24, 2.45) is 10.6 Å². The van der Waals surface area contributed by atoms with E-state index >= 15 is 0 Å². The zero-order chi connectivity index (χ0) is 30.8. The maximum atomic E-state index is 12.5. The number of rotatable bonds is 16. The first-order valence-corrected chi connectivity index (χ1v) is 16.3. The van der Waals surface area contributed by atoms with Crippen molar-refractivity contribution in [2.75, 3.05) is 57.6 Å². The molecule has 10 heteroatoms. The molecule has 234 valence electrons. The number of esters is 1. The second-order valence-electron chi connectivity index (χ2n) is 11.8. The van der Waals surface area contributed by atoms with Crippen molar-refractivity contribution < 1.29 is 23.9 Å². The van der Waals surface area contributed by atoms with Crippen molar-refractivity contribution in [3.8, 4) is 5.75 Å². The maximum absolute atomic E-state index is 12.5. The number of carbonyl (C=O) groups excluding carboxylic acids is 3. The van der Waals surface area contributed by atoms with E-state index in [-0.39, 0.29) is 17.3 Å². The van der Waals surface area contributed by atoms with Crippen LogP contribution in [0.5, 0.6) is 5.75 Å². The Morgan fingerprint density at radius 2 is 1.91 bits per heavy atom. The van der Waals surface area contributed by atoms with Crippen molar-refractivity contribution in [1.82, 2.24) is 10.2 Å². The zero-order valence-corrected chi connectivity index (χ0v) is 26.5. The summed E-state index contributed by atoms with van der Waals surface area (Å²) in [4.78, 5) is 41.4. The van der Waals surface area contributed by atoms with Gasteiger partial charge in [-0.2, -0.15) is 0 Å². The van der Waals surface area contributed by atoms with Crippen LogP contribution in [0.1, 0.15) is 83.2 Å². The molecule has 1 heterocycles. The van der Waals surface area contributed by atoms with Gasteiger partial charge in [-0.25, -0.2) is 4.79 Å². The molecule has 0 bridgehead atoms. The molecule has 1 aliphatic carbocycles. The average molecular weight is 611 g/mol. The van der Waals surface area contributed by atoms with Crippen LogP contribution in [-0.2, 0) is 16.1 Å². The Balaban J connectivity index is 1.39. The van der Waals surface area contributed by atoms with Gasteiger partial charge < -0.3 is 24.5 Å². The van der Waals surface area contributed by atoms with E-state index in [4.69, 9.17) is 14.6 Å². The highest BCUT2D eigenvalue weighted by atomic mass is 32.2. The lowest BCUT2D eigenvalue weighted by Gasteiger charge is -2.43. The van der Waals surface area contributed by atoms with E-state index in [9.17, 15) is 14.4 Å². The number of nitrogens with two attached hydrogens (primary N) is 1. The SMILES string of the molecule is CCOc1cc(C(=O)OC)c(C2CC2)cc1CN1CCC(CC=O)(CN(C)c2ccc(C(=O)NCCCSN)cc2)CC1. The first kappa shape index (κ1) is 32.8. The standard InChI is InChI=1S/C33H46N4O5S/c1-4-42-30-21-29(32(40)41-3)28(24-6-7-24)20-26(30)22-37-16-12-33(13-17-37,14-18-38)23-36(2)27-10-8-25(9-11-27)31(39)35-15-5-19-43-34/h8-11,18,20-21,24H,4-7,12-17,19,22-23,34H2,1-3H3,(H,35,39). The Hall–Kier alpha value is -3.08. The number of nitrogens with zero attached hydrogens (tertiary/aromatic N) is 2. The summed E-state index contributed by atoms with van der Waals surface area (Å²) in [6.45, 7) is 6.30. The van der Waals surface area contributed by atoms with Crippen LogP contribution in [-0.4, -0.2) is 75.8 Å². The van der Waals surface area contributed by atoms with Crippen LogP contribution in [0.3, 0.4) is 0 Å². The van der Waals surface area contributed by atoms with Gasteiger partial charge in [-0.05, 0) is 105 Å². The normalized spacial score (nSPS) is 16.4. The highest BCUT2D eigenvalue weighted by molar-refractivity contribution is 7.97. The van der Waals surface area contributed by atoms with Gasteiger partial charge in [0, 0.05) is 55.7 Å².